The molecule has 6 nitrogen and oxygen atoms in total. The van der Waals surface area contributed by atoms with Gasteiger partial charge in [-0.05, 0) is 23.3 Å². The second-order valence-corrected chi connectivity index (χ2v) is 6.21. The number of hydrogen-bond donors (Lipinski definition) is 2. The highest BCUT2D eigenvalue weighted by Crippen LogP contribution is 2.38. The van der Waals surface area contributed by atoms with Gasteiger partial charge in [0.25, 0.3) is 0 Å². The Morgan fingerprint density at radius 1 is 0.889 bits per heavy atom. The summed E-state index contributed by atoms with van der Waals surface area (Å²) in [4.78, 5) is 11.5. The number of aromatic nitrogens is 3. The number of fused-ring (bicyclic) bond motifs is 1. The fourth-order valence-electron chi connectivity index (χ4n) is 3.38. The van der Waals surface area contributed by atoms with E-state index in [0.29, 0.717) is 28.6 Å². The maximum atomic E-state index is 12.0. The Morgan fingerprint density at radius 3 is 2.04 bits per heavy atom. The normalized spacial score (nSPS) is 12.6. The summed E-state index contributed by atoms with van der Waals surface area (Å²) in [6.07, 6.45) is -0.329. The van der Waals surface area contributed by atoms with Gasteiger partial charge < -0.3 is 10.4 Å². The zero-order chi connectivity index (χ0) is 18.7. The summed E-state index contributed by atoms with van der Waals surface area (Å²) < 4.78 is 1.55. The number of nitrogens with one attached hydrogen (secondary N) is 1. The molecule has 1 atom stereocenters. The van der Waals surface area contributed by atoms with Crippen molar-refractivity contribution in [3.8, 4) is 0 Å². The molecule has 0 aliphatic rings. The molecule has 0 fully saturated rings. The number of para-hydroxylation sites is 1. The molecule has 27 heavy (non-hydrogen) atoms. The van der Waals surface area contributed by atoms with Crippen molar-refractivity contribution in [2.75, 3.05) is 0 Å². The molecular weight excluding hydrogens is 340 g/mol. The minimum absolute atomic E-state index is 0.567. The van der Waals surface area contributed by atoms with Gasteiger partial charge in [0, 0.05) is 0 Å². The molecule has 3 aromatic carbocycles. The Balaban J connectivity index is 1.97. The van der Waals surface area contributed by atoms with Crippen LogP contribution in [0.1, 0.15) is 17.3 Å². The van der Waals surface area contributed by atoms with Crippen molar-refractivity contribution in [3.05, 3.63) is 96.1 Å². The summed E-state index contributed by atoms with van der Waals surface area (Å²) in [6.45, 7) is 0. The monoisotopic (exact) mass is 358 g/mol. The minimum atomic E-state index is -1.56. The van der Waals surface area contributed by atoms with Gasteiger partial charge in [0.05, 0.1) is 5.52 Å². The Labute approximate surface area is 156 Å². The van der Waals surface area contributed by atoms with E-state index < -0.39 is 11.8 Å². The Hall–Kier alpha value is -3.51. The number of amides is 1. The molecule has 6 heteroatoms. The average molecular weight is 358 g/mol. The Bertz CT molecular complexity index is 1010. The third-order valence-electron chi connectivity index (χ3n) is 4.67. The molecule has 4 aromatic rings. The van der Waals surface area contributed by atoms with E-state index in [4.69, 9.17) is 0 Å². The predicted octanol–water partition coefficient (Wildman–Crippen LogP) is 2.61. The Kier molecular flexibility index (Phi) is 4.40. The van der Waals surface area contributed by atoms with Gasteiger partial charge in [0.15, 0.2) is 11.8 Å². The number of hydrogen-bond acceptors (Lipinski definition) is 4. The predicted molar refractivity (Wildman–Crippen MR) is 102 cm³/mol. The highest BCUT2D eigenvalue weighted by atomic mass is 16.3. The summed E-state index contributed by atoms with van der Waals surface area (Å²) >= 11 is 0. The molecule has 0 bridgehead atoms. The van der Waals surface area contributed by atoms with E-state index in [2.05, 4.69) is 15.6 Å². The van der Waals surface area contributed by atoms with E-state index in [1.807, 2.05) is 84.9 Å². The number of carbonyl (C=O) groups excluding carboxylic acids is 1. The quantitative estimate of drug-likeness (QED) is 0.519. The third kappa shape index (κ3) is 2.86. The summed E-state index contributed by atoms with van der Waals surface area (Å²) in [5.41, 5.74) is 1.10. The first-order valence-corrected chi connectivity index (χ1v) is 8.58. The lowest BCUT2D eigenvalue weighted by Gasteiger charge is -2.36. The van der Waals surface area contributed by atoms with Gasteiger partial charge in [-0.2, -0.15) is 0 Å². The maximum absolute atomic E-state index is 12.0. The van der Waals surface area contributed by atoms with E-state index in [1.165, 1.54) is 0 Å². The van der Waals surface area contributed by atoms with Gasteiger partial charge >= 0.3 is 0 Å². The van der Waals surface area contributed by atoms with Gasteiger partial charge in [0.2, 0.25) is 6.41 Å². The molecule has 4 rings (SSSR count). The van der Waals surface area contributed by atoms with E-state index in [-0.39, 0.29) is 0 Å². The van der Waals surface area contributed by atoms with Crippen molar-refractivity contribution in [1.82, 2.24) is 20.3 Å². The fourth-order valence-corrected chi connectivity index (χ4v) is 3.38. The van der Waals surface area contributed by atoms with Crippen LogP contribution in [0.5, 0.6) is 0 Å². The molecule has 0 radical (unpaired) electrons. The van der Waals surface area contributed by atoms with Crippen molar-refractivity contribution >= 4 is 17.4 Å². The lowest BCUT2D eigenvalue weighted by molar-refractivity contribution is -0.113. The van der Waals surface area contributed by atoms with Crippen LogP contribution in [0, 0.1) is 0 Å². The molecule has 0 aliphatic heterocycles. The van der Waals surface area contributed by atoms with Crippen LogP contribution in [0.2, 0.25) is 0 Å². The van der Waals surface area contributed by atoms with Crippen LogP contribution < -0.4 is 5.32 Å². The SMILES string of the molecule is O=CNC(n1nnc2ccccc21)C(O)(c1ccccc1)c1ccccc1. The topological polar surface area (TPSA) is 80.0 Å². The Morgan fingerprint density at radius 2 is 1.44 bits per heavy atom. The number of benzene rings is 3. The molecular formula is C21H18N4O2. The summed E-state index contributed by atoms with van der Waals surface area (Å²) in [7, 11) is 0. The van der Waals surface area contributed by atoms with Crippen LogP contribution in [-0.2, 0) is 10.4 Å². The van der Waals surface area contributed by atoms with Crippen molar-refractivity contribution in [2.45, 2.75) is 11.8 Å². The molecule has 2 N–H and O–H groups in total. The van der Waals surface area contributed by atoms with E-state index in [9.17, 15) is 9.90 Å². The molecule has 0 spiro atoms. The third-order valence-corrected chi connectivity index (χ3v) is 4.67. The second-order valence-electron chi connectivity index (χ2n) is 6.21. The lowest BCUT2D eigenvalue weighted by atomic mass is 9.83. The van der Waals surface area contributed by atoms with Crippen molar-refractivity contribution in [3.63, 3.8) is 0 Å². The van der Waals surface area contributed by atoms with Crippen molar-refractivity contribution in [1.29, 1.82) is 0 Å². The van der Waals surface area contributed by atoms with E-state index in [0.717, 1.165) is 0 Å². The van der Waals surface area contributed by atoms with Crippen molar-refractivity contribution in [2.24, 2.45) is 0 Å². The number of aliphatic hydroxyl groups is 1. The first-order chi connectivity index (χ1) is 13.2. The van der Waals surface area contributed by atoms with Crippen LogP contribution >= 0.6 is 0 Å². The van der Waals surface area contributed by atoms with E-state index >= 15 is 0 Å². The molecule has 0 saturated carbocycles. The number of nitrogens with zero attached hydrogens (tertiary/aromatic N) is 3. The molecule has 1 unspecified atom stereocenters. The standard InChI is InChI=1S/C21H18N4O2/c26-15-22-20(25-19-14-8-7-13-18(19)23-24-25)21(27,16-9-3-1-4-10-16)17-11-5-2-6-12-17/h1-15,20,27H,(H,22,26). The number of carbonyl (C=O) groups is 1. The molecule has 134 valence electrons. The van der Waals surface area contributed by atoms with Crippen LogP contribution in [0.4, 0.5) is 0 Å². The van der Waals surface area contributed by atoms with E-state index in [1.54, 1.807) is 4.68 Å². The zero-order valence-corrected chi connectivity index (χ0v) is 14.4. The second kappa shape index (κ2) is 7.01. The van der Waals surface area contributed by atoms with Crippen LogP contribution in [0.15, 0.2) is 84.9 Å². The molecule has 1 heterocycles. The van der Waals surface area contributed by atoms with Gasteiger partial charge in [-0.15, -0.1) is 5.10 Å². The zero-order valence-electron chi connectivity index (χ0n) is 14.4. The van der Waals surface area contributed by atoms with Gasteiger partial charge in [-0.1, -0.05) is 78.0 Å². The molecule has 1 aromatic heterocycles. The number of rotatable bonds is 6. The molecule has 0 aliphatic carbocycles. The largest absolute Gasteiger partial charge is 0.376 e. The maximum Gasteiger partial charge on any atom is 0.208 e. The van der Waals surface area contributed by atoms with Gasteiger partial charge in [-0.25, -0.2) is 4.68 Å². The molecule has 1 amide bonds. The first-order valence-electron chi connectivity index (χ1n) is 8.58. The van der Waals surface area contributed by atoms with Crippen LogP contribution in [-0.4, -0.2) is 26.5 Å². The van der Waals surface area contributed by atoms with Crippen LogP contribution in [0.25, 0.3) is 11.0 Å². The summed E-state index contributed by atoms with van der Waals surface area (Å²) in [6, 6.07) is 25.9. The first kappa shape index (κ1) is 16.9. The average Bonchev–Trinajstić information content (AvgIpc) is 3.16. The fraction of sp³-hybridized carbons (Fsp3) is 0.0952. The smallest absolute Gasteiger partial charge is 0.208 e. The highest BCUT2D eigenvalue weighted by Gasteiger charge is 2.42. The highest BCUT2D eigenvalue weighted by molar-refractivity contribution is 5.74. The molecule has 0 saturated heterocycles. The summed E-state index contributed by atoms with van der Waals surface area (Å²) in [5.74, 6) is 0. The van der Waals surface area contributed by atoms with Crippen molar-refractivity contribution < 1.29 is 9.90 Å². The summed E-state index contributed by atoms with van der Waals surface area (Å²) in [5, 5.41) is 23.1. The van der Waals surface area contributed by atoms with Gasteiger partial charge in [0.1, 0.15) is 5.52 Å². The minimum Gasteiger partial charge on any atom is -0.376 e. The lowest BCUT2D eigenvalue weighted by Crippen LogP contribution is -2.46. The van der Waals surface area contributed by atoms with Gasteiger partial charge in [-0.3, -0.25) is 4.79 Å². The van der Waals surface area contributed by atoms with Crippen LogP contribution in [0.3, 0.4) is 0 Å².